The maximum Gasteiger partial charge on any atom is 0.240 e. The van der Waals surface area contributed by atoms with Crippen LogP contribution in [0.4, 0.5) is 5.69 Å². The molecular weight excluding hydrogens is 330 g/mol. The fraction of sp³-hybridized carbons (Fsp3) is 0.312. The van der Waals surface area contributed by atoms with Crippen LogP contribution in [0.1, 0.15) is 11.3 Å². The first-order valence-electron chi connectivity index (χ1n) is 7.37. The van der Waals surface area contributed by atoms with Gasteiger partial charge in [0.25, 0.3) is 0 Å². The SMILES string of the molecule is CNS(=O)(=O)c1cc(NC(=O)CN(C)Cc2ccco2)ccc1C. The van der Waals surface area contributed by atoms with Crippen molar-refractivity contribution in [2.24, 2.45) is 0 Å². The normalized spacial score (nSPS) is 11.7. The van der Waals surface area contributed by atoms with Crippen molar-refractivity contribution in [3.63, 3.8) is 0 Å². The van der Waals surface area contributed by atoms with Gasteiger partial charge in [0.15, 0.2) is 0 Å². The van der Waals surface area contributed by atoms with E-state index >= 15 is 0 Å². The zero-order valence-electron chi connectivity index (χ0n) is 13.9. The van der Waals surface area contributed by atoms with Crippen LogP contribution in [-0.4, -0.2) is 39.9 Å². The predicted octanol–water partition coefficient (Wildman–Crippen LogP) is 1.57. The molecule has 1 aromatic heterocycles. The number of amides is 1. The first-order valence-corrected chi connectivity index (χ1v) is 8.85. The Labute approximate surface area is 141 Å². The van der Waals surface area contributed by atoms with Crippen LogP contribution in [0, 0.1) is 6.92 Å². The molecule has 0 spiro atoms. The minimum absolute atomic E-state index is 0.145. The molecule has 0 fully saturated rings. The molecule has 1 heterocycles. The lowest BCUT2D eigenvalue weighted by Crippen LogP contribution is -2.29. The smallest absolute Gasteiger partial charge is 0.240 e. The van der Waals surface area contributed by atoms with Crippen LogP contribution in [0.2, 0.25) is 0 Å². The third kappa shape index (κ3) is 4.67. The van der Waals surface area contributed by atoms with Crippen molar-refractivity contribution >= 4 is 21.6 Å². The summed E-state index contributed by atoms with van der Waals surface area (Å²) in [6.45, 7) is 2.36. The summed E-state index contributed by atoms with van der Waals surface area (Å²) in [5, 5.41) is 2.71. The van der Waals surface area contributed by atoms with Crippen molar-refractivity contribution in [3.05, 3.63) is 47.9 Å². The molecule has 1 amide bonds. The summed E-state index contributed by atoms with van der Waals surface area (Å²) in [6.07, 6.45) is 1.58. The molecule has 2 rings (SSSR count). The lowest BCUT2D eigenvalue weighted by Gasteiger charge is -2.15. The number of anilines is 1. The monoisotopic (exact) mass is 351 g/mol. The van der Waals surface area contributed by atoms with E-state index in [1.165, 1.54) is 13.1 Å². The molecule has 0 bridgehead atoms. The van der Waals surface area contributed by atoms with E-state index in [0.29, 0.717) is 17.8 Å². The summed E-state index contributed by atoms with van der Waals surface area (Å²) in [5.41, 5.74) is 1.04. The van der Waals surface area contributed by atoms with Crippen LogP contribution >= 0.6 is 0 Å². The van der Waals surface area contributed by atoms with Gasteiger partial charge in [0.05, 0.1) is 24.2 Å². The maximum absolute atomic E-state index is 12.1. The molecule has 0 unspecified atom stereocenters. The van der Waals surface area contributed by atoms with Gasteiger partial charge in [-0.3, -0.25) is 9.69 Å². The number of rotatable bonds is 7. The zero-order valence-corrected chi connectivity index (χ0v) is 14.7. The number of sulfonamides is 1. The van der Waals surface area contributed by atoms with Gasteiger partial charge < -0.3 is 9.73 Å². The fourth-order valence-electron chi connectivity index (χ4n) is 2.25. The van der Waals surface area contributed by atoms with E-state index in [9.17, 15) is 13.2 Å². The summed E-state index contributed by atoms with van der Waals surface area (Å²) < 4.78 is 31.5. The number of furan rings is 1. The van der Waals surface area contributed by atoms with Gasteiger partial charge in [-0.25, -0.2) is 13.1 Å². The molecule has 24 heavy (non-hydrogen) atoms. The molecule has 0 atom stereocenters. The number of likely N-dealkylation sites (N-methyl/N-ethyl adjacent to an activating group) is 1. The number of benzene rings is 1. The third-order valence-corrected chi connectivity index (χ3v) is 5.01. The lowest BCUT2D eigenvalue weighted by molar-refractivity contribution is -0.117. The molecule has 0 aliphatic carbocycles. The molecule has 1 aromatic carbocycles. The van der Waals surface area contributed by atoms with Gasteiger partial charge in [-0.2, -0.15) is 0 Å². The number of carbonyl (C=O) groups is 1. The van der Waals surface area contributed by atoms with Crippen molar-refractivity contribution in [2.45, 2.75) is 18.4 Å². The van der Waals surface area contributed by atoms with E-state index < -0.39 is 10.0 Å². The Balaban J connectivity index is 2.02. The summed E-state index contributed by atoms with van der Waals surface area (Å²) >= 11 is 0. The van der Waals surface area contributed by atoms with E-state index in [-0.39, 0.29) is 17.3 Å². The number of nitrogens with one attached hydrogen (secondary N) is 2. The third-order valence-electron chi connectivity index (χ3n) is 3.45. The molecule has 0 aliphatic heterocycles. The molecule has 8 heteroatoms. The summed E-state index contributed by atoms with van der Waals surface area (Å²) in [5.74, 6) is 0.531. The van der Waals surface area contributed by atoms with Crippen LogP contribution < -0.4 is 10.0 Å². The van der Waals surface area contributed by atoms with Crippen molar-refractivity contribution in [3.8, 4) is 0 Å². The number of hydrogen-bond acceptors (Lipinski definition) is 5. The van der Waals surface area contributed by atoms with Crippen molar-refractivity contribution in [2.75, 3.05) is 26.0 Å². The highest BCUT2D eigenvalue weighted by molar-refractivity contribution is 7.89. The molecule has 2 N–H and O–H groups in total. The van der Waals surface area contributed by atoms with Crippen LogP contribution in [-0.2, 0) is 21.4 Å². The van der Waals surface area contributed by atoms with Gasteiger partial charge in [-0.05, 0) is 50.8 Å². The molecular formula is C16H21N3O4S. The van der Waals surface area contributed by atoms with Gasteiger partial charge in [-0.1, -0.05) is 6.07 Å². The zero-order chi connectivity index (χ0) is 17.7. The number of carbonyl (C=O) groups excluding carboxylic acids is 1. The second kappa shape index (κ2) is 7.61. The van der Waals surface area contributed by atoms with Crippen LogP contribution in [0.3, 0.4) is 0 Å². The van der Waals surface area contributed by atoms with Crippen molar-refractivity contribution in [1.29, 1.82) is 0 Å². The predicted molar refractivity (Wildman–Crippen MR) is 91.1 cm³/mol. The Morgan fingerprint density at radius 3 is 2.67 bits per heavy atom. The minimum Gasteiger partial charge on any atom is -0.468 e. The number of aryl methyl sites for hydroxylation is 1. The molecule has 0 aliphatic rings. The Morgan fingerprint density at radius 1 is 1.29 bits per heavy atom. The van der Waals surface area contributed by atoms with Crippen LogP contribution in [0.5, 0.6) is 0 Å². The van der Waals surface area contributed by atoms with E-state index in [1.54, 1.807) is 43.3 Å². The van der Waals surface area contributed by atoms with E-state index in [1.807, 2.05) is 6.07 Å². The highest BCUT2D eigenvalue weighted by Gasteiger charge is 2.16. The second-order valence-corrected chi connectivity index (χ2v) is 7.34. The number of hydrogen-bond donors (Lipinski definition) is 2. The average molecular weight is 351 g/mol. The summed E-state index contributed by atoms with van der Waals surface area (Å²) in [4.78, 5) is 14.1. The molecule has 2 aromatic rings. The van der Waals surface area contributed by atoms with Gasteiger partial charge in [0.2, 0.25) is 15.9 Å². The van der Waals surface area contributed by atoms with Crippen molar-refractivity contribution in [1.82, 2.24) is 9.62 Å². The van der Waals surface area contributed by atoms with Gasteiger partial charge >= 0.3 is 0 Å². The Hall–Kier alpha value is -2.16. The van der Waals surface area contributed by atoms with Crippen LogP contribution in [0.15, 0.2) is 45.9 Å². The Morgan fingerprint density at radius 2 is 2.04 bits per heavy atom. The molecule has 0 saturated heterocycles. The van der Waals surface area contributed by atoms with Crippen LogP contribution in [0.25, 0.3) is 0 Å². The number of nitrogens with zero attached hydrogens (tertiary/aromatic N) is 1. The standard InChI is InChI=1S/C16H21N3O4S/c1-12-6-7-13(9-15(12)24(21,22)17-2)18-16(20)11-19(3)10-14-5-4-8-23-14/h4-9,17H,10-11H2,1-3H3,(H,18,20). The summed E-state index contributed by atoms with van der Waals surface area (Å²) in [7, 11) is -0.418. The Bertz CT molecular complexity index is 801. The first kappa shape index (κ1) is 18.2. The summed E-state index contributed by atoms with van der Waals surface area (Å²) in [6, 6.07) is 8.41. The topological polar surface area (TPSA) is 91.7 Å². The first-order chi connectivity index (χ1) is 11.3. The van der Waals surface area contributed by atoms with Gasteiger partial charge in [0.1, 0.15) is 5.76 Å². The molecule has 7 nitrogen and oxygen atoms in total. The highest BCUT2D eigenvalue weighted by atomic mass is 32.2. The van der Waals surface area contributed by atoms with Gasteiger partial charge in [-0.15, -0.1) is 0 Å². The van der Waals surface area contributed by atoms with Crippen molar-refractivity contribution < 1.29 is 17.6 Å². The Kier molecular flexibility index (Phi) is 5.76. The van der Waals surface area contributed by atoms with E-state index in [4.69, 9.17) is 4.42 Å². The minimum atomic E-state index is -3.57. The van der Waals surface area contributed by atoms with E-state index in [0.717, 1.165) is 5.76 Å². The van der Waals surface area contributed by atoms with E-state index in [2.05, 4.69) is 10.0 Å². The molecule has 0 saturated carbocycles. The average Bonchev–Trinajstić information content (AvgIpc) is 3.01. The fourth-order valence-corrected chi connectivity index (χ4v) is 3.24. The molecule has 0 radical (unpaired) electrons. The molecule has 130 valence electrons. The highest BCUT2D eigenvalue weighted by Crippen LogP contribution is 2.20. The van der Waals surface area contributed by atoms with Gasteiger partial charge in [0, 0.05) is 5.69 Å². The largest absolute Gasteiger partial charge is 0.468 e. The lowest BCUT2D eigenvalue weighted by atomic mass is 10.2. The quantitative estimate of drug-likeness (QED) is 0.790. The second-order valence-electron chi connectivity index (χ2n) is 5.49. The maximum atomic E-state index is 12.1.